The highest BCUT2D eigenvalue weighted by atomic mass is 16.6. The summed E-state index contributed by atoms with van der Waals surface area (Å²) in [7, 11) is 1.90. The van der Waals surface area contributed by atoms with Crippen LogP contribution in [0.1, 0.15) is 22.9 Å². The molecule has 1 aromatic carbocycles. The third kappa shape index (κ3) is 2.23. The lowest BCUT2D eigenvalue weighted by Gasteiger charge is -2.21. The fraction of sp³-hybridized carbons (Fsp3) is 0.357. The maximum Gasteiger partial charge on any atom is 0.161 e. The number of rotatable bonds is 3. The zero-order valence-electron chi connectivity index (χ0n) is 11.6. The highest BCUT2D eigenvalue weighted by Gasteiger charge is 2.20. The summed E-state index contributed by atoms with van der Waals surface area (Å²) >= 11 is 0. The molecule has 3 N–H and O–H groups in total. The fourth-order valence-electron chi connectivity index (χ4n) is 2.51. The molecule has 6 nitrogen and oxygen atoms in total. The smallest absolute Gasteiger partial charge is 0.161 e. The SMILES string of the molecule is Cc1nn(C)cc1C(NN)c1ccc2c(c1)OCCO2. The summed E-state index contributed by atoms with van der Waals surface area (Å²) in [6.45, 7) is 3.13. The Labute approximate surface area is 117 Å². The van der Waals surface area contributed by atoms with E-state index in [0.717, 1.165) is 28.3 Å². The van der Waals surface area contributed by atoms with Gasteiger partial charge in [-0.15, -0.1) is 0 Å². The van der Waals surface area contributed by atoms with Gasteiger partial charge in [-0.3, -0.25) is 10.5 Å². The normalized spacial score (nSPS) is 15.2. The van der Waals surface area contributed by atoms with Gasteiger partial charge in [0.1, 0.15) is 13.2 Å². The molecule has 3 rings (SSSR count). The molecule has 1 aliphatic rings. The van der Waals surface area contributed by atoms with E-state index in [1.165, 1.54) is 0 Å². The number of aryl methyl sites for hydroxylation is 2. The highest BCUT2D eigenvalue weighted by molar-refractivity contribution is 5.46. The van der Waals surface area contributed by atoms with E-state index < -0.39 is 0 Å². The Morgan fingerprint density at radius 1 is 1.30 bits per heavy atom. The summed E-state index contributed by atoms with van der Waals surface area (Å²) in [5.41, 5.74) is 5.86. The molecule has 1 unspecified atom stereocenters. The molecule has 0 saturated carbocycles. The van der Waals surface area contributed by atoms with Crippen LogP contribution in [-0.2, 0) is 7.05 Å². The van der Waals surface area contributed by atoms with Crippen molar-refractivity contribution in [2.24, 2.45) is 12.9 Å². The predicted molar refractivity (Wildman–Crippen MR) is 74.5 cm³/mol. The highest BCUT2D eigenvalue weighted by Crippen LogP contribution is 2.34. The standard InChI is InChI=1S/C14H18N4O2/c1-9-11(8-18(2)17-9)14(16-15)10-3-4-12-13(7-10)20-6-5-19-12/h3-4,7-8,14,16H,5-6,15H2,1-2H3. The second-order valence-corrected chi connectivity index (χ2v) is 4.85. The van der Waals surface area contributed by atoms with Crippen molar-refractivity contribution < 1.29 is 9.47 Å². The van der Waals surface area contributed by atoms with E-state index in [9.17, 15) is 0 Å². The zero-order chi connectivity index (χ0) is 14.1. The van der Waals surface area contributed by atoms with E-state index in [2.05, 4.69) is 10.5 Å². The summed E-state index contributed by atoms with van der Waals surface area (Å²) in [6.07, 6.45) is 1.97. The Bertz CT molecular complexity index is 624. The molecule has 1 aliphatic heterocycles. The summed E-state index contributed by atoms with van der Waals surface area (Å²) in [5.74, 6) is 7.27. The number of nitrogens with two attached hydrogens (primary N) is 1. The molecule has 0 bridgehead atoms. The molecular weight excluding hydrogens is 256 g/mol. The molecule has 0 amide bonds. The first-order chi connectivity index (χ1) is 9.69. The van der Waals surface area contributed by atoms with Crippen molar-refractivity contribution in [2.75, 3.05) is 13.2 Å². The number of benzene rings is 1. The maximum absolute atomic E-state index is 5.73. The van der Waals surface area contributed by atoms with Crippen molar-refractivity contribution in [3.8, 4) is 11.5 Å². The van der Waals surface area contributed by atoms with Gasteiger partial charge in [-0.05, 0) is 24.6 Å². The van der Waals surface area contributed by atoms with Gasteiger partial charge in [-0.1, -0.05) is 6.07 Å². The summed E-state index contributed by atoms with van der Waals surface area (Å²) in [5, 5.41) is 4.36. The van der Waals surface area contributed by atoms with Crippen molar-refractivity contribution in [3.63, 3.8) is 0 Å². The molecular formula is C14H18N4O2. The number of hydrogen-bond donors (Lipinski definition) is 2. The van der Waals surface area contributed by atoms with Gasteiger partial charge in [0.15, 0.2) is 11.5 Å². The van der Waals surface area contributed by atoms with Crippen LogP contribution in [0, 0.1) is 6.92 Å². The number of nitrogens with zero attached hydrogens (tertiary/aromatic N) is 2. The Morgan fingerprint density at radius 3 is 2.70 bits per heavy atom. The van der Waals surface area contributed by atoms with Crippen molar-refractivity contribution >= 4 is 0 Å². The van der Waals surface area contributed by atoms with Crippen molar-refractivity contribution in [1.29, 1.82) is 0 Å². The lowest BCUT2D eigenvalue weighted by Crippen LogP contribution is -2.29. The quantitative estimate of drug-likeness (QED) is 0.646. The van der Waals surface area contributed by atoms with E-state index in [1.54, 1.807) is 4.68 Å². The van der Waals surface area contributed by atoms with E-state index in [-0.39, 0.29) is 6.04 Å². The van der Waals surface area contributed by atoms with Gasteiger partial charge in [0.2, 0.25) is 0 Å². The third-order valence-electron chi connectivity index (χ3n) is 3.43. The summed E-state index contributed by atoms with van der Waals surface area (Å²) < 4.78 is 12.9. The lowest BCUT2D eigenvalue weighted by atomic mass is 9.99. The van der Waals surface area contributed by atoms with Crippen LogP contribution < -0.4 is 20.7 Å². The van der Waals surface area contributed by atoms with E-state index >= 15 is 0 Å². The molecule has 6 heteroatoms. The minimum Gasteiger partial charge on any atom is -0.486 e. The first-order valence-electron chi connectivity index (χ1n) is 6.55. The fourth-order valence-corrected chi connectivity index (χ4v) is 2.51. The Morgan fingerprint density at radius 2 is 2.05 bits per heavy atom. The topological polar surface area (TPSA) is 74.3 Å². The van der Waals surface area contributed by atoms with Crippen LogP contribution in [0.25, 0.3) is 0 Å². The largest absolute Gasteiger partial charge is 0.486 e. The van der Waals surface area contributed by atoms with Gasteiger partial charge < -0.3 is 9.47 Å². The average Bonchev–Trinajstić information content (AvgIpc) is 2.78. The van der Waals surface area contributed by atoms with Crippen LogP contribution in [0.15, 0.2) is 24.4 Å². The Kier molecular flexibility index (Phi) is 3.33. The number of fused-ring (bicyclic) bond motifs is 1. The minimum atomic E-state index is -0.125. The van der Waals surface area contributed by atoms with Crippen LogP contribution in [0.4, 0.5) is 0 Å². The second kappa shape index (κ2) is 5.15. The predicted octanol–water partition coefficient (Wildman–Crippen LogP) is 1.05. The summed E-state index contributed by atoms with van der Waals surface area (Å²) in [6, 6.07) is 5.75. The molecule has 0 aliphatic carbocycles. The number of nitrogens with one attached hydrogen (secondary N) is 1. The Balaban J connectivity index is 1.99. The first kappa shape index (κ1) is 13.0. The van der Waals surface area contributed by atoms with Gasteiger partial charge in [-0.2, -0.15) is 5.10 Å². The number of hydrazine groups is 1. The van der Waals surface area contributed by atoms with Crippen LogP contribution in [-0.4, -0.2) is 23.0 Å². The molecule has 1 atom stereocenters. The van der Waals surface area contributed by atoms with Crippen LogP contribution in [0.3, 0.4) is 0 Å². The zero-order valence-corrected chi connectivity index (χ0v) is 11.6. The first-order valence-corrected chi connectivity index (χ1v) is 6.55. The second-order valence-electron chi connectivity index (χ2n) is 4.85. The number of hydrogen-bond acceptors (Lipinski definition) is 5. The van der Waals surface area contributed by atoms with Gasteiger partial charge in [0, 0.05) is 18.8 Å². The van der Waals surface area contributed by atoms with Gasteiger partial charge >= 0.3 is 0 Å². The molecule has 0 fully saturated rings. The molecule has 1 aromatic heterocycles. The van der Waals surface area contributed by atoms with E-state index in [1.807, 2.05) is 38.4 Å². The molecule has 0 saturated heterocycles. The molecule has 2 heterocycles. The molecule has 20 heavy (non-hydrogen) atoms. The van der Waals surface area contributed by atoms with E-state index in [4.69, 9.17) is 15.3 Å². The van der Waals surface area contributed by atoms with Gasteiger partial charge in [-0.25, -0.2) is 5.43 Å². The lowest BCUT2D eigenvalue weighted by molar-refractivity contribution is 0.171. The van der Waals surface area contributed by atoms with Gasteiger partial charge in [0.25, 0.3) is 0 Å². The molecule has 106 valence electrons. The Hall–Kier alpha value is -2.05. The van der Waals surface area contributed by atoms with Crippen molar-refractivity contribution in [1.82, 2.24) is 15.2 Å². The third-order valence-corrected chi connectivity index (χ3v) is 3.43. The number of ether oxygens (including phenoxy) is 2. The van der Waals surface area contributed by atoms with Crippen LogP contribution in [0.2, 0.25) is 0 Å². The summed E-state index contributed by atoms with van der Waals surface area (Å²) in [4.78, 5) is 0. The van der Waals surface area contributed by atoms with Crippen molar-refractivity contribution in [3.05, 3.63) is 41.2 Å². The minimum absolute atomic E-state index is 0.125. The van der Waals surface area contributed by atoms with Crippen LogP contribution in [0.5, 0.6) is 11.5 Å². The van der Waals surface area contributed by atoms with Crippen molar-refractivity contribution in [2.45, 2.75) is 13.0 Å². The molecule has 2 aromatic rings. The maximum atomic E-state index is 5.73. The average molecular weight is 274 g/mol. The van der Waals surface area contributed by atoms with Gasteiger partial charge in [0.05, 0.1) is 11.7 Å². The number of aromatic nitrogens is 2. The van der Waals surface area contributed by atoms with Crippen LogP contribution >= 0.6 is 0 Å². The van der Waals surface area contributed by atoms with E-state index in [0.29, 0.717) is 13.2 Å². The molecule has 0 radical (unpaired) electrons. The molecule has 0 spiro atoms. The monoisotopic (exact) mass is 274 g/mol.